The highest BCUT2D eigenvalue weighted by Crippen LogP contribution is 2.32. The summed E-state index contributed by atoms with van der Waals surface area (Å²) in [5, 5.41) is 6.66. The molecule has 1 aliphatic heterocycles. The third-order valence-corrected chi connectivity index (χ3v) is 4.37. The van der Waals surface area contributed by atoms with Gasteiger partial charge in [0.1, 0.15) is 17.0 Å². The lowest BCUT2D eigenvalue weighted by molar-refractivity contribution is 0.105. The fourth-order valence-corrected chi connectivity index (χ4v) is 2.89. The molecule has 3 heterocycles. The Balaban J connectivity index is 1.97. The first kappa shape index (κ1) is 10.9. The van der Waals surface area contributed by atoms with Gasteiger partial charge in [0.2, 0.25) is 0 Å². The van der Waals surface area contributed by atoms with E-state index in [-0.39, 0.29) is 11.6 Å². The summed E-state index contributed by atoms with van der Waals surface area (Å²) >= 11 is 1.64. The predicted molar refractivity (Wildman–Crippen MR) is 69.5 cm³/mol. The molecule has 2 aromatic heterocycles. The quantitative estimate of drug-likeness (QED) is 0.889. The molecule has 0 aliphatic carbocycles. The smallest absolute Gasteiger partial charge is 0.138 e. The molecular weight excluding hydrogens is 234 g/mol. The summed E-state index contributed by atoms with van der Waals surface area (Å²) in [7, 11) is 0. The molecule has 1 aliphatic rings. The van der Waals surface area contributed by atoms with Crippen molar-refractivity contribution in [3.05, 3.63) is 17.8 Å². The molecule has 2 aromatic rings. The molecule has 90 valence electrons. The van der Waals surface area contributed by atoms with Gasteiger partial charge < -0.3 is 10.1 Å². The lowest BCUT2D eigenvalue weighted by Gasteiger charge is -2.29. The van der Waals surface area contributed by atoms with Gasteiger partial charge in [0.05, 0.1) is 17.0 Å². The van der Waals surface area contributed by atoms with Gasteiger partial charge in [-0.05, 0) is 31.7 Å². The van der Waals surface area contributed by atoms with Gasteiger partial charge in [-0.2, -0.15) is 0 Å². The molecule has 5 heteroatoms. The molecule has 2 unspecified atom stereocenters. The van der Waals surface area contributed by atoms with Crippen LogP contribution in [0.4, 0.5) is 5.82 Å². The molecular formula is C12H15N3OS. The Morgan fingerprint density at radius 2 is 2.41 bits per heavy atom. The standard InChI is InChI=1S/C12H15N3OS/c1-8-12(2,4-5-16-8)15-10-9-3-6-17-11(9)14-7-13-10/h3,6-8H,4-5H2,1-2H3,(H,13,14,15). The van der Waals surface area contributed by atoms with Gasteiger partial charge in [0.15, 0.2) is 0 Å². The number of anilines is 1. The van der Waals surface area contributed by atoms with Gasteiger partial charge in [0, 0.05) is 6.61 Å². The zero-order valence-electron chi connectivity index (χ0n) is 9.93. The Hall–Kier alpha value is -1.20. The molecule has 1 fully saturated rings. The maximum atomic E-state index is 5.63. The van der Waals surface area contributed by atoms with Gasteiger partial charge in [-0.25, -0.2) is 9.97 Å². The molecule has 0 saturated carbocycles. The molecule has 0 spiro atoms. The first-order valence-corrected chi connectivity index (χ1v) is 6.65. The van der Waals surface area contributed by atoms with Crippen LogP contribution in [0.2, 0.25) is 0 Å². The number of ether oxygens (including phenoxy) is 1. The van der Waals surface area contributed by atoms with E-state index in [0.29, 0.717) is 0 Å². The molecule has 4 nitrogen and oxygen atoms in total. The summed E-state index contributed by atoms with van der Waals surface area (Å²) in [4.78, 5) is 9.63. The van der Waals surface area contributed by atoms with Crippen molar-refractivity contribution in [1.29, 1.82) is 0 Å². The van der Waals surface area contributed by atoms with Gasteiger partial charge in [-0.15, -0.1) is 11.3 Å². The number of rotatable bonds is 2. The fraction of sp³-hybridized carbons (Fsp3) is 0.500. The largest absolute Gasteiger partial charge is 0.376 e. The molecule has 1 N–H and O–H groups in total. The zero-order valence-corrected chi connectivity index (χ0v) is 10.8. The maximum Gasteiger partial charge on any atom is 0.138 e. The van der Waals surface area contributed by atoms with Crippen LogP contribution in [0.25, 0.3) is 10.2 Å². The van der Waals surface area contributed by atoms with Crippen molar-refractivity contribution in [2.24, 2.45) is 0 Å². The van der Waals surface area contributed by atoms with E-state index < -0.39 is 0 Å². The van der Waals surface area contributed by atoms with Crippen LogP contribution in [-0.2, 0) is 4.74 Å². The third-order valence-electron chi connectivity index (χ3n) is 3.55. The normalized spacial score (nSPS) is 28.7. The highest BCUT2D eigenvalue weighted by atomic mass is 32.1. The van der Waals surface area contributed by atoms with Crippen molar-refractivity contribution in [3.63, 3.8) is 0 Å². The Morgan fingerprint density at radius 3 is 3.18 bits per heavy atom. The molecule has 17 heavy (non-hydrogen) atoms. The van der Waals surface area contributed by atoms with Crippen LogP contribution >= 0.6 is 11.3 Å². The third kappa shape index (κ3) is 1.79. The lowest BCUT2D eigenvalue weighted by Crippen LogP contribution is -2.41. The highest BCUT2D eigenvalue weighted by molar-refractivity contribution is 7.16. The summed E-state index contributed by atoms with van der Waals surface area (Å²) < 4.78 is 5.63. The number of thiophene rings is 1. The number of hydrogen-bond donors (Lipinski definition) is 1. The van der Waals surface area contributed by atoms with Crippen molar-refractivity contribution < 1.29 is 4.74 Å². The minimum atomic E-state index is -0.0385. The van der Waals surface area contributed by atoms with Crippen LogP contribution in [0, 0.1) is 0 Å². The molecule has 3 rings (SSSR count). The van der Waals surface area contributed by atoms with Gasteiger partial charge >= 0.3 is 0 Å². The summed E-state index contributed by atoms with van der Waals surface area (Å²) in [6.07, 6.45) is 2.82. The van der Waals surface area contributed by atoms with Crippen LogP contribution in [0.3, 0.4) is 0 Å². The Labute approximate surface area is 104 Å². The van der Waals surface area contributed by atoms with Crippen LogP contribution in [0.5, 0.6) is 0 Å². The van der Waals surface area contributed by atoms with E-state index in [0.717, 1.165) is 29.1 Å². The van der Waals surface area contributed by atoms with Crippen LogP contribution in [0.15, 0.2) is 17.8 Å². The van der Waals surface area contributed by atoms with E-state index in [1.807, 2.05) is 5.38 Å². The van der Waals surface area contributed by atoms with Gasteiger partial charge in [0.25, 0.3) is 0 Å². The minimum absolute atomic E-state index is 0.0385. The number of fused-ring (bicyclic) bond motifs is 1. The average molecular weight is 249 g/mol. The van der Waals surface area contributed by atoms with Crippen molar-refractivity contribution in [3.8, 4) is 0 Å². The highest BCUT2D eigenvalue weighted by Gasteiger charge is 2.37. The second kappa shape index (κ2) is 3.92. The fourth-order valence-electron chi connectivity index (χ4n) is 2.16. The molecule has 0 bridgehead atoms. The van der Waals surface area contributed by atoms with Crippen molar-refractivity contribution >= 4 is 27.4 Å². The summed E-state index contributed by atoms with van der Waals surface area (Å²) in [6.45, 7) is 5.10. The number of nitrogens with one attached hydrogen (secondary N) is 1. The Bertz CT molecular complexity index is 541. The van der Waals surface area contributed by atoms with Crippen molar-refractivity contribution in [2.75, 3.05) is 11.9 Å². The SMILES string of the molecule is CC1OCCC1(C)Nc1ncnc2sccc12. The predicted octanol–water partition coefficient (Wildman–Crippen LogP) is 2.67. The van der Waals surface area contributed by atoms with E-state index in [1.165, 1.54) is 0 Å². The number of hydrogen-bond acceptors (Lipinski definition) is 5. The molecule has 2 atom stereocenters. The van der Waals surface area contributed by atoms with E-state index >= 15 is 0 Å². The average Bonchev–Trinajstić information content (AvgIpc) is 2.88. The second-order valence-electron chi connectivity index (χ2n) is 4.67. The van der Waals surface area contributed by atoms with Crippen molar-refractivity contribution in [2.45, 2.75) is 31.9 Å². The molecule has 0 radical (unpaired) electrons. The molecule has 0 amide bonds. The van der Waals surface area contributed by atoms with Crippen LogP contribution < -0.4 is 5.32 Å². The van der Waals surface area contributed by atoms with Gasteiger partial charge in [-0.1, -0.05) is 0 Å². The van der Waals surface area contributed by atoms with E-state index in [2.05, 4.69) is 35.2 Å². The van der Waals surface area contributed by atoms with Gasteiger partial charge in [-0.3, -0.25) is 0 Å². The summed E-state index contributed by atoms with van der Waals surface area (Å²) in [5.41, 5.74) is -0.0385. The summed E-state index contributed by atoms with van der Waals surface area (Å²) in [5.74, 6) is 0.913. The lowest BCUT2D eigenvalue weighted by atomic mass is 9.94. The Kier molecular flexibility index (Phi) is 2.52. The Morgan fingerprint density at radius 1 is 1.53 bits per heavy atom. The van der Waals surface area contributed by atoms with Crippen molar-refractivity contribution in [1.82, 2.24) is 9.97 Å². The number of aromatic nitrogens is 2. The topological polar surface area (TPSA) is 47.0 Å². The van der Waals surface area contributed by atoms with Crippen LogP contribution in [-0.4, -0.2) is 28.2 Å². The van der Waals surface area contributed by atoms with E-state index in [1.54, 1.807) is 17.7 Å². The monoisotopic (exact) mass is 249 g/mol. The zero-order chi connectivity index (χ0) is 11.9. The molecule has 1 saturated heterocycles. The number of nitrogens with zero attached hydrogens (tertiary/aromatic N) is 2. The van der Waals surface area contributed by atoms with Crippen LogP contribution in [0.1, 0.15) is 20.3 Å². The van der Waals surface area contributed by atoms with E-state index in [9.17, 15) is 0 Å². The maximum absolute atomic E-state index is 5.63. The minimum Gasteiger partial charge on any atom is -0.376 e. The first-order chi connectivity index (χ1) is 8.19. The summed E-state index contributed by atoms with van der Waals surface area (Å²) in [6, 6.07) is 2.06. The first-order valence-electron chi connectivity index (χ1n) is 5.77. The van der Waals surface area contributed by atoms with E-state index in [4.69, 9.17) is 4.74 Å². The second-order valence-corrected chi connectivity index (χ2v) is 5.56. The molecule has 0 aromatic carbocycles.